The van der Waals surface area contributed by atoms with E-state index in [2.05, 4.69) is 31.1 Å². The van der Waals surface area contributed by atoms with Gasteiger partial charge in [-0.25, -0.2) is 4.98 Å². The van der Waals surface area contributed by atoms with Gasteiger partial charge in [0.05, 0.1) is 17.1 Å². The Kier molecular flexibility index (Phi) is 4.78. The molecule has 0 spiro atoms. The maximum Gasteiger partial charge on any atom is 0.224 e. The summed E-state index contributed by atoms with van der Waals surface area (Å²) in [6, 6.07) is 5.58. The van der Waals surface area contributed by atoms with E-state index in [1.165, 1.54) is 0 Å². The molecule has 0 fully saturated rings. The maximum atomic E-state index is 12.1. The van der Waals surface area contributed by atoms with Crippen LogP contribution in [0.25, 0.3) is 0 Å². The summed E-state index contributed by atoms with van der Waals surface area (Å²) in [5.41, 5.74) is 8.90. The lowest BCUT2D eigenvalue weighted by Gasteiger charge is -2.12. The fourth-order valence-electron chi connectivity index (χ4n) is 2.22. The smallest absolute Gasteiger partial charge is 0.224 e. The van der Waals surface area contributed by atoms with Gasteiger partial charge in [-0.15, -0.1) is 0 Å². The van der Waals surface area contributed by atoms with Gasteiger partial charge in [-0.05, 0) is 31.5 Å². The van der Waals surface area contributed by atoms with Crippen LogP contribution in [0.1, 0.15) is 50.1 Å². The molecule has 0 aliphatic carbocycles. The van der Waals surface area contributed by atoms with E-state index in [1.807, 2.05) is 32.0 Å². The van der Waals surface area contributed by atoms with Crippen molar-refractivity contribution >= 4 is 17.3 Å². The van der Waals surface area contributed by atoms with E-state index in [0.29, 0.717) is 30.1 Å². The number of anilines is 2. The molecule has 1 heterocycles. The average Bonchev–Trinajstić information content (AvgIpc) is 2.81. The highest BCUT2D eigenvalue weighted by Gasteiger charge is 2.22. The van der Waals surface area contributed by atoms with Crippen molar-refractivity contribution in [2.24, 2.45) is 0 Å². The van der Waals surface area contributed by atoms with Crippen molar-refractivity contribution in [1.82, 2.24) is 4.98 Å². The number of carbonyl (C=O) groups is 1. The standard InChI is InChI=1S/C18H25N3O2/c1-11-6-7-14(13(19)10-11)21-16(22)9-8-15-12(2)20-17(23-15)18(3,4)5/h6-7,10H,8-9,19H2,1-5H3,(H,21,22). The van der Waals surface area contributed by atoms with Gasteiger partial charge < -0.3 is 15.5 Å². The van der Waals surface area contributed by atoms with Crippen molar-refractivity contribution in [2.45, 2.75) is 52.9 Å². The number of amides is 1. The predicted molar refractivity (Wildman–Crippen MR) is 92.5 cm³/mol. The first-order valence-electron chi connectivity index (χ1n) is 7.79. The van der Waals surface area contributed by atoms with Gasteiger partial charge >= 0.3 is 0 Å². The van der Waals surface area contributed by atoms with E-state index in [1.54, 1.807) is 0 Å². The molecule has 0 bridgehead atoms. The third kappa shape index (κ3) is 4.34. The number of oxazole rings is 1. The van der Waals surface area contributed by atoms with Gasteiger partial charge in [0.15, 0.2) is 5.89 Å². The minimum absolute atomic E-state index is 0.0892. The largest absolute Gasteiger partial charge is 0.445 e. The average molecular weight is 315 g/mol. The number of hydrogen-bond acceptors (Lipinski definition) is 4. The van der Waals surface area contributed by atoms with Gasteiger partial charge in [0.25, 0.3) is 0 Å². The Morgan fingerprint density at radius 3 is 2.57 bits per heavy atom. The minimum atomic E-state index is -0.137. The summed E-state index contributed by atoms with van der Waals surface area (Å²) in [5, 5.41) is 2.84. The summed E-state index contributed by atoms with van der Waals surface area (Å²) in [6.07, 6.45) is 0.847. The lowest BCUT2D eigenvalue weighted by Crippen LogP contribution is -2.13. The van der Waals surface area contributed by atoms with E-state index in [0.717, 1.165) is 17.0 Å². The highest BCUT2D eigenvalue weighted by atomic mass is 16.4. The molecular formula is C18H25N3O2. The molecule has 2 rings (SSSR count). The number of carbonyl (C=O) groups excluding carboxylic acids is 1. The second-order valence-corrected chi connectivity index (χ2v) is 6.92. The second kappa shape index (κ2) is 6.44. The number of aryl methyl sites for hydroxylation is 3. The number of nitrogens with one attached hydrogen (secondary N) is 1. The Morgan fingerprint density at radius 1 is 1.30 bits per heavy atom. The molecule has 0 unspecified atom stereocenters. The molecule has 1 amide bonds. The zero-order valence-corrected chi connectivity index (χ0v) is 14.5. The lowest BCUT2D eigenvalue weighted by molar-refractivity contribution is -0.116. The van der Waals surface area contributed by atoms with Crippen LogP contribution >= 0.6 is 0 Å². The summed E-state index contributed by atoms with van der Waals surface area (Å²) < 4.78 is 5.80. The van der Waals surface area contributed by atoms with Crippen LogP contribution in [0.5, 0.6) is 0 Å². The highest BCUT2D eigenvalue weighted by molar-refractivity contribution is 5.93. The zero-order chi connectivity index (χ0) is 17.2. The fourth-order valence-corrected chi connectivity index (χ4v) is 2.22. The first-order valence-corrected chi connectivity index (χ1v) is 7.79. The number of benzene rings is 1. The Bertz CT molecular complexity index is 712. The molecule has 124 valence electrons. The predicted octanol–water partition coefficient (Wildman–Crippen LogP) is 3.74. The monoisotopic (exact) mass is 315 g/mol. The van der Waals surface area contributed by atoms with E-state index in [4.69, 9.17) is 10.2 Å². The highest BCUT2D eigenvalue weighted by Crippen LogP contribution is 2.25. The molecule has 0 radical (unpaired) electrons. The number of nitrogens with zero attached hydrogens (tertiary/aromatic N) is 1. The van der Waals surface area contributed by atoms with Crippen LogP contribution in [0.4, 0.5) is 11.4 Å². The van der Waals surface area contributed by atoms with Gasteiger partial charge in [-0.3, -0.25) is 4.79 Å². The summed E-state index contributed by atoms with van der Waals surface area (Å²) in [7, 11) is 0. The third-order valence-electron chi connectivity index (χ3n) is 3.59. The Labute approximate surface area is 137 Å². The van der Waals surface area contributed by atoms with E-state index in [-0.39, 0.29) is 11.3 Å². The number of hydrogen-bond donors (Lipinski definition) is 2. The van der Waals surface area contributed by atoms with Crippen molar-refractivity contribution in [3.63, 3.8) is 0 Å². The quantitative estimate of drug-likeness (QED) is 0.842. The topological polar surface area (TPSA) is 81.2 Å². The molecule has 0 aliphatic heterocycles. The van der Waals surface area contributed by atoms with Crippen LogP contribution in [0, 0.1) is 13.8 Å². The van der Waals surface area contributed by atoms with Gasteiger partial charge in [-0.1, -0.05) is 26.8 Å². The number of nitrogen functional groups attached to an aromatic ring is 1. The molecule has 0 saturated carbocycles. The first-order chi connectivity index (χ1) is 10.7. The molecule has 0 atom stereocenters. The molecule has 3 N–H and O–H groups in total. The van der Waals surface area contributed by atoms with E-state index >= 15 is 0 Å². The molecule has 0 aliphatic rings. The van der Waals surface area contributed by atoms with Crippen LogP contribution in [0.3, 0.4) is 0 Å². The van der Waals surface area contributed by atoms with Gasteiger partial charge in [0, 0.05) is 18.3 Å². The molecule has 0 saturated heterocycles. The van der Waals surface area contributed by atoms with E-state index in [9.17, 15) is 4.79 Å². The Morgan fingerprint density at radius 2 is 2.00 bits per heavy atom. The summed E-state index contributed by atoms with van der Waals surface area (Å²) in [6.45, 7) is 10.0. The number of nitrogens with two attached hydrogens (primary N) is 1. The van der Waals surface area contributed by atoms with Crippen LogP contribution in [-0.2, 0) is 16.6 Å². The fraction of sp³-hybridized carbons (Fsp3) is 0.444. The first kappa shape index (κ1) is 17.1. The molecule has 2 aromatic rings. The van der Waals surface area contributed by atoms with Gasteiger partial charge in [0.2, 0.25) is 5.91 Å². The van der Waals surface area contributed by atoms with Crippen molar-refractivity contribution in [3.8, 4) is 0 Å². The van der Waals surface area contributed by atoms with Crippen LogP contribution in [0.15, 0.2) is 22.6 Å². The normalized spacial score (nSPS) is 11.5. The van der Waals surface area contributed by atoms with Crippen molar-refractivity contribution in [2.75, 3.05) is 11.1 Å². The van der Waals surface area contributed by atoms with Crippen molar-refractivity contribution in [3.05, 3.63) is 41.1 Å². The molecule has 23 heavy (non-hydrogen) atoms. The van der Waals surface area contributed by atoms with Crippen LogP contribution in [-0.4, -0.2) is 10.9 Å². The molecule has 5 heteroatoms. The van der Waals surface area contributed by atoms with Gasteiger partial charge in [0.1, 0.15) is 5.76 Å². The molecule has 5 nitrogen and oxygen atoms in total. The second-order valence-electron chi connectivity index (χ2n) is 6.92. The lowest BCUT2D eigenvalue weighted by atomic mass is 9.97. The minimum Gasteiger partial charge on any atom is -0.445 e. The van der Waals surface area contributed by atoms with Crippen LogP contribution < -0.4 is 11.1 Å². The summed E-state index contributed by atoms with van der Waals surface area (Å²) >= 11 is 0. The van der Waals surface area contributed by atoms with Crippen LogP contribution in [0.2, 0.25) is 0 Å². The third-order valence-corrected chi connectivity index (χ3v) is 3.59. The number of rotatable bonds is 4. The summed E-state index contributed by atoms with van der Waals surface area (Å²) in [4.78, 5) is 16.6. The number of aromatic nitrogens is 1. The zero-order valence-electron chi connectivity index (χ0n) is 14.5. The Balaban J connectivity index is 1.98. The maximum absolute atomic E-state index is 12.1. The van der Waals surface area contributed by atoms with Gasteiger partial charge in [-0.2, -0.15) is 0 Å². The van der Waals surface area contributed by atoms with Crippen molar-refractivity contribution in [1.29, 1.82) is 0 Å². The molecule has 1 aromatic carbocycles. The Hall–Kier alpha value is -2.30. The molecule has 1 aromatic heterocycles. The van der Waals surface area contributed by atoms with E-state index < -0.39 is 0 Å². The SMILES string of the molecule is Cc1ccc(NC(=O)CCc2oc(C(C)(C)C)nc2C)c(N)c1. The van der Waals surface area contributed by atoms with Crippen molar-refractivity contribution < 1.29 is 9.21 Å². The molecular weight excluding hydrogens is 290 g/mol. The summed E-state index contributed by atoms with van der Waals surface area (Å²) in [5.74, 6) is 1.38.